The second kappa shape index (κ2) is 21.8. The SMILES string of the molecule is COCCOC(=O)N1C(=O)C2(c3cc(C#CC4(O)CCCCCC4)ccc31)C(C(=O)N1CCN(Cc3ccc4c(c3)OCO4)CC1)C1C(=O)OC(c3ccccc3)C(c3ccccc3)N1C2c1ccc(OCCO)cc1. The molecule has 16 nitrogen and oxygen atoms in total. The monoisotopic (exact) mass is 1030 g/mol. The molecule has 0 bridgehead atoms. The first kappa shape index (κ1) is 50.9. The number of amides is 3. The third-order valence-electron chi connectivity index (χ3n) is 15.9. The highest BCUT2D eigenvalue weighted by Crippen LogP contribution is 2.66. The van der Waals surface area contributed by atoms with Crippen LogP contribution in [0.15, 0.2) is 121 Å². The number of nitrogens with zero attached hydrogens (tertiary/aromatic N) is 4. The fourth-order valence-corrected chi connectivity index (χ4v) is 12.4. The second-order valence-electron chi connectivity index (χ2n) is 20.4. The van der Waals surface area contributed by atoms with Crippen LogP contribution in [0.1, 0.15) is 90.1 Å². The van der Waals surface area contributed by atoms with Crippen molar-refractivity contribution in [3.63, 3.8) is 0 Å². The van der Waals surface area contributed by atoms with Gasteiger partial charge in [-0.2, -0.15) is 0 Å². The van der Waals surface area contributed by atoms with Gasteiger partial charge in [0.05, 0.1) is 36.9 Å². The van der Waals surface area contributed by atoms with Crippen molar-refractivity contribution in [2.24, 2.45) is 5.92 Å². The van der Waals surface area contributed by atoms with Gasteiger partial charge in [-0.05, 0) is 96.0 Å². The van der Waals surface area contributed by atoms with Crippen molar-refractivity contribution in [3.05, 3.63) is 155 Å². The molecule has 4 fully saturated rings. The minimum Gasteiger partial charge on any atom is -0.491 e. The van der Waals surface area contributed by atoms with Crippen molar-refractivity contribution in [1.82, 2.24) is 14.7 Å². The van der Waals surface area contributed by atoms with Gasteiger partial charge in [-0.3, -0.25) is 24.2 Å². The lowest BCUT2D eigenvalue weighted by Gasteiger charge is -2.46. The van der Waals surface area contributed by atoms with Gasteiger partial charge < -0.3 is 43.5 Å². The third kappa shape index (κ3) is 9.45. The quantitative estimate of drug-likeness (QED) is 0.0565. The molecule has 76 heavy (non-hydrogen) atoms. The molecule has 394 valence electrons. The molecule has 0 aromatic heterocycles. The Labute approximate surface area is 442 Å². The molecule has 0 radical (unpaired) electrons. The van der Waals surface area contributed by atoms with E-state index in [1.54, 1.807) is 35.2 Å². The van der Waals surface area contributed by atoms with Gasteiger partial charge >= 0.3 is 12.1 Å². The van der Waals surface area contributed by atoms with E-state index in [9.17, 15) is 15.0 Å². The Kier molecular flexibility index (Phi) is 14.6. The topological polar surface area (TPSA) is 177 Å². The summed E-state index contributed by atoms with van der Waals surface area (Å²) in [7, 11) is 1.48. The lowest BCUT2D eigenvalue weighted by Crippen LogP contribution is -2.59. The van der Waals surface area contributed by atoms with Crippen molar-refractivity contribution >= 4 is 29.6 Å². The predicted octanol–water partition coefficient (Wildman–Crippen LogP) is 7.02. The van der Waals surface area contributed by atoms with Gasteiger partial charge in [0.2, 0.25) is 18.6 Å². The maximum Gasteiger partial charge on any atom is 0.421 e. The van der Waals surface area contributed by atoms with Gasteiger partial charge in [-0.15, -0.1) is 0 Å². The van der Waals surface area contributed by atoms with Crippen LogP contribution in [0, 0.1) is 17.8 Å². The normalized spacial score (nSPS) is 24.8. The zero-order chi connectivity index (χ0) is 52.4. The van der Waals surface area contributed by atoms with E-state index in [1.165, 1.54) is 7.11 Å². The summed E-state index contributed by atoms with van der Waals surface area (Å²) in [6, 6.07) is 33.8. The maximum absolute atomic E-state index is 16.7. The number of ether oxygens (including phenoxy) is 6. The number of anilines is 1. The van der Waals surface area contributed by atoms with E-state index in [0.29, 0.717) is 72.0 Å². The van der Waals surface area contributed by atoms with E-state index >= 15 is 14.4 Å². The molecule has 1 spiro atoms. The molecule has 6 atom stereocenters. The highest BCUT2D eigenvalue weighted by atomic mass is 16.7. The molecule has 16 heteroatoms. The number of hydrogen-bond donors (Lipinski definition) is 2. The zero-order valence-corrected chi connectivity index (χ0v) is 42.5. The van der Waals surface area contributed by atoms with Gasteiger partial charge in [0, 0.05) is 45.4 Å². The molecular formula is C60H62N4O12. The summed E-state index contributed by atoms with van der Waals surface area (Å²) in [5, 5.41) is 21.5. The Morgan fingerprint density at radius 3 is 2.17 bits per heavy atom. The molecule has 1 saturated carbocycles. The first-order valence-corrected chi connectivity index (χ1v) is 26.3. The Morgan fingerprint density at radius 1 is 0.750 bits per heavy atom. The summed E-state index contributed by atoms with van der Waals surface area (Å²) in [6.45, 7) is 1.94. The van der Waals surface area contributed by atoms with Gasteiger partial charge in [0.25, 0.3) is 0 Å². The number of rotatable bonds is 12. The lowest BCUT2D eigenvalue weighted by molar-refractivity contribution is -0.179. The van der Waals surface area contributed by atoms with Gasteiger partial charge in [0.15, 0.2) is 11.5 Å². The van der Waals surface area contributed by atoms with Crippen LogP contribution in [0.2, 0.25) is 0 Å². The molecule has 1 aliphatic carbocycles. The number of morpholine rings is 1. The predicted molar refractivity (Wildman–Crippen MR) is 278 cm³/mol. The standard InChI is InChI=1S/C60H62N4O12/c1-71-34-35-73-58(69)63-47-22-16-40(24-27-59(70)25-10-2-3-11-26-59)36-46(47)60(57(63)68)50(55(66)62-30-28-61(29-31-62)38-41-17-23-48-49(37-41)75-39-74-48)52-56(67)76-53(43-14-8-5-9-15-43)51(42-12-6-4-7-13-42)64(52)54(60)44-18-20-45(21-19-44)72-33-32-65/h4-9,12-23,36-37,50-54,65,70H,2-3,10-11,25-26,28-35,38-39H2,1H3. The van der Waals surface area contributed by atoms with Crippen LogP contribution in [-0.2, 0) is 40.6 Å². The number of cyclic esters (lactones) is 1. The fraction of sp³-hybridized carbons (Fsp3) is 0.400. The average molecular weight is 1030 g/mol. The molecule has 2 N–H and O–H groups in total. The van der Waals surface area contributed by atoms with Crippen LogP contribution in [0.25, 0.3) is 0 Å². The van der Waals surface area contributed by atoms with Crippen molar-refractivity contribution in [1.29, 1.82) is 0 Å². The molecule has 5 aliphatic heterocycles. The minimum absolute atomic E-state index is 0.0348. The number of imide groups is 1. The van der Waals surface area contributed by atoms with Crippen LogP contribution in [0.3, 0.4) is 0 Å². The van der Waals surface area contributed by atoms with Gasteiger partial charge in [-0.25, -0.2) is 9.69 Å². The summed E-state index contributed by atoms with van der Waals surface area (Å²) in [5.41, 5.74) is 0.680. The molecular weight excluding hydrogens is 969 g/mol. The third-order valence-corrected chi connectivity index (χ3v) is 15.9. The molecule has 5 aromatic carbocycles. The zero-order valence-electron chi connectivity index (χ0n) is 42.5. The first-order chi connectivity index (χ1) is 37.1. The number of aliphatic hydroxyl groups is 2. The molecule has 6 unspecified atom stereocenters. The fourth-order valence-electron chi connectivity index (χ4n) is 12.4. The first-order valence-electron chi connectivity index (χ1n) is 26.3. The minimum atomic E-state index is -2.04. The van der Waals surface area contributed by atoms with Crippen LogP contribution >= 0.6 is 0 Å². The number of piperazine rings is 1. The molecule has 5 heterocycles. The van der Waals surface area contributed by atoms with Gasteiger partial charge in [-0.1, -0.05) is 104 Å². The summed E-state index contributed by atoms with van der Waals surface area (Å²) < 4.78 is 34.8. The van der Waals surface area contributed by atoms with E-state index in [4.69, 9.17) is 28.4 Å². The number of benzene rings is 5. The van der Waals surface area contributed by atoms with E-state index < -0.39 is 65.0 Å². The van der Waals surface area contributed by atoms with Crippen molar-refractivity contribution in [2.45, 2.75) is 80.3 Å². The molecule has 6 aliphatic rings. The molecule has 3 saturated heterocycles. The summed E-state index contributed by atoms with van der Waals surface area (Å²) in [5.74, 6) is 4.87. The number of carbonyl (C=O) groups excluding carboxylic acids is 4. The highest BCUT2D eigenvalue weighted by molar-refractivity contribution is 6.23. The Hall–Kier alpha value is -7.26. The van der Waals surface area contributed by atoms with E-state index in [-0.39, 0.29) is 52.0 Å². The number of fused-ring (bicyclic) bond motifs is 4. The van der Waals surface area contributed by atoms with Crippen LogP contribution < -0.4 is 19.1 Å². The second-order valence-corrected chi connectivity index (χ2v) is 20.4. The Balaban J connectivity index is 1.11. The average Bonchev–Trinajstić information content (AvgIpc) is 4.25. The van der Waals surface area contributed by atoms with Gasteiger partial charge in [0.1, 0.15) is 42.1 Å². The highest BCUT2D eigenvalue weighted by Gasteiger charge is 2.76. The molecule has 5 aromatic rings. The Morgan fingerprint density at radius 2 is 1.46 bits per heavy atom. The van der Waals surface area contributed by atoms with Crippen LogP contribution in [0.4, 0.5) is 10.5 Å². The van der Waals surface area contributed by atoms with E-state index in [2.05, 4.69) is 16.7 Å². The number of carbonyl (C=O) groups is 4. The van der Waals surface area contributed by atoms with Crippen molar-refractivity contribution in [2.75, 3.05) is 71.4 Å². The molecule has 3 amide bonds. The summed E-state index contributed by atoms with van der Waals surface area (Å²) in [4.78, 5) is 70.6. The van der Waals surface area contributed by atoms with Crippen molar-refractivity contribution in [3.8, 4) is 29.1 Å². The maximum atomic E-state index is 16.7. The Bertz CT molecular complexity index is 3000. The number of methoxy groups -OCH3 is 1. The summed E-state index contributed by atoms with van der Waals surface area (Å²) >= 11 is 0. The van der Waals surface area contributed by atoms with E-state index in [1.807, 2.05) is 95.9 Å². The van der Waals surface area contributed by atoms with Crippen LogP contribution in [0.5, 0.6) is 17.2 Å². The largest absolute Gasteiger partial charge is 0.491 e. The molecule has 11 rings (SSSR count). The number of esters is 1. The van der Waals surface area contributed by atoms with E-state index in [0.717, 1.165) is 41.7 Å². The summed E-state index contributed by atoms with van der Waals surface area (Å²) in [6.07, 6.45) is 2.78. The van der Waals surface area contributed by atoms with Crippen LogP contribution in [-0.4, -0.2) is 127 Å². The van der Waals surface area contributed by atoms with Crippen molar-refractivity contribution < 1.29 is 57.8 Å². The lowest BCUT2D eigenvalue weighted by atomic mass is 9.64. The number of hydrogen-bond acceptors (Lipinski definition) is 14. The number of aliphatic hydroxyl groups excluding tert-OH is 1. The smallest absolute Gasteiger partial charge is 0.421 e.